The molecule has 0 unspecified atom stereocenters. The zero-order chi connectivity index (χ0) is 13.7. The summed E-state index contributed by atoms with van der Waals surface area (Å²) in [6, 6.07) is 12.2. The van der Waals surface area contributed by atoms with Crippen LogP contribution in [0.2, 0.25) is 5.02 Å². The molecule has 0 fully saturated rings. The van der Waals surface area contributed by atoms with E-state index in [2.05, 4.69) is 5.32 Å². The van der Waals surface area contributed by atoms with Gasteiger partial charge in [0.05, 0.1) is 17.3 Å². The van der Waals surface area contributed by atoms with Crippen molar-refractivity contribution >= 4 is 17.3 Å². The molecule has 2 aromatic carbocycles. The molecule has 0 bridgehead atoms. The first-order valence-corrected chi connectivity index (χ1v) is 6.33. The van der Waals surface area contributed by atoms with Crippen molar-refractivity contribution in [2.75, 3.05) is 12.4 Å². The maximum atomic E-state index is 13.2. The second-order valence-electron chi connectivity index (χ2n) is 4.18. The van der Waals surface area contributed by atoms with Crippen molar-refractivity contribution in [1.29, 1.82) is 0 Å². The first-order valence-electron chi connectivity index (χ1n) is 5.95. The van der Waals surface area contributed by atoms with Gasteiger partial charge >= 0.3 is 0 Å². The Hall–Kier alpha value is -1.58. The van der Waals surface area contributed by atoms with Crippen molar-refractivity contribution in [3.05, 3.63) is 64.4 Å². The second-order valence-corrected chi connectivity index (χ2v) is 4.59. The Morgan fingerprint density at radius 1 is 1.16 bits per heavy atom. The Balaban J connectivity index is 2.12. The molecule has 100 valence electrons. The zero-order valence-electron chi connectivity index (χ0n) is 10.6. The monoisotopic (exact) mass is 279 g/mol. The standard InChI is InChI=1S/C15H15ClFNO/c1-19-10-12-5-3-2-4-11(12)9-18-15-8-13(17)6-7-14(15)16/h2-8,18H,9-10H2,1H3. The summed E-state index contributed by atoms with van der Waals surface area (Å²) in [5, 5.41) is 3.65. The largest absolute Gasteiger partial charge is 0.380 e. The van der Waals surface area contributed by atoms with Gasteiger partial charge in [-0.05, 0) is 29.3 Å². The van der Waals surface area contributed by atoms with E-state index >= 15 is 0 Å². The highest BCUT2D eigenvalue weighted by Gasteiger charge is 2.04. The molecule has 0 aliphatic rings. The summed E-state index contributed by atoms with van der Waals surface area (Å²) in [5.74, 6) is -0.308. The summed E-state index contributed by atoms with van der Waals surface area (Å²) in [4.78, 5) is 0. The molecule has 0 amide bonds. The van der Waals surface area contributed by atoms with Gasteiger partial charge < -0.3 is 10.1 Å². The molecule has 0 aliphatic carbocycles. The Morgan fingerprint density at radius 2 is 1.89 bits per heavy atom. The number of nitrogens with one attached hydrogen (secondary N) is 1. The lowest BCUT2D eigenvalue weighted by Crippen LogP contribution is -2.04. The average molecular weight is 280 g/mol. The van der Waals surface area contributed by atoms with Crippen molar-refractivity contribution in [3.8, 4) is 0 Å². The van der Waals surface area contributed by atoms with E-state index in [1.807, 2.05) is 24.3 Å². The number of anilines is 1. The fourth-order valence-electron chi connectivity index (χ4n) is 1.85. The molecule has 0 heterocycles. The van der Waals surface area contributed by atoms with E-state index in [1.54, 1.807) is 13.2 Å². The smallest absolute Gasteiger partial charge is 0.125 e. The predicted octanol–water partition coefficient (Wildman–Crippen LogP) is 4.24. The van der Waals surface area contributed by atoms with Gasteiger partial charge in [-0.1, -0.05) is 35.9 Å². The van der Waals surface area contributed by atoms with Gasteiger partial charge in [-0.3, -0.25) is 0 Å². The highest BCUT2D eigenvalue weighted by molar-refractivity contribution is 6.33. The van der Waals surface area contributed by atoms with Crippen LogP contribution >= 0.6 is 11.6 Å². The lowest BCUT2D eigenvalue weighted by atomic mass is 10.1. The fourth-order valence-corrected chi connectivity index (χ4v) is 2.03. The minimum absolute atomic E-state index is 0.308. The van der Waals surface area contributed by atoms with E-state index in [0.717, 1.165) is 11.1 Å². The van der Waals surface area contributed by atoms with Crippen LogP contribution in [0.15, 0.2) is 42.5 Å². The molecule has 2 rings (SSSR count). The van der Waals surface area contributed by atoms with Crippen LogP contribution in [0.4, 0.5) is 10.1 Å². The van der Waals surface area contributed by atoms with Crippen molar-refractivity contribution in [2.45, 2.75) is 13.2 Å². The molecule has 0 spiro atoms. The van der Waals surface area contributed by atoms with Gasteiger partial charge in [0.2, 0.25) is 0 Å². The summed E-state index contributed by atoms with van der Waals surface area (Å²) in [7, 11) is 1.66. The molecular formula is C15H15ClFNO. The molecule has 0 aromatic heterocycles. The number of methoxy groups -OCH3 is 1. The predicted molar refractivity (Wildman–Crippen MR) is 75.9 cm³/mol. The third-order valence-corrected chi connectivity index (χ3v) is 3.15. The van der Waals surface area contributed by atoms with Crippen LogP contribution in [-0.4, -0.2) is 7.11 Å². The highest BCUT2D eigenvalue weighted by atomic mass is 35.5. The summed E-state index contributed by atoms with van der Waals surface area (Å²) >= 11 is 6.01. The average Bonchev–Trinajstić information content (AvgIpc) is 2.42. The molecule has 0 aliphatic heterocycles. The topological polar surface area (TPSA) is 21.3 Å². The van der Waals surface area contributed by atoms with Crippen LogP contribution < -0.4 is 5.32 Å². The van der Waals surface area contributed by atoms with E-state index in [-0.39, 0.29) is 5.82 Å². The summed E-state index contributed by atoms with van der Waals surface area (Å²) < 4.78 is 18.3. The molecule has 0 saturated heterocycles. The lowest BCUT2D eigenvalue weighted by Gasteiger charge is -2.12. The maximum absolute atomic E-state index is 13.2. The normalized spacial score (nSPS) is 10.5. The first-order chi connectivity index (χ1) is 9.20. The molecule has 2 nitrogen and oxygen atoms in total. The molecule has 0 saturated carbocycles. The van der Waals surface area contributed by atoms with E-state index < -0.39 is 0 Å². The van der Waals surface area contributed by atoms with Crippen molar-refractivity contribution < 1.29 is 9.13 Å². The quantitative estimate of drug-likeness (QED) is 0.884. The Labute approximate surface area is 117 Å². The molecule has 0 atom stereocenters. The van der Waals surface area contributed by atoms with E-state index in [4.69, 9.17) is 16.3 Å². The molecule has 19 heavy (non-hydrogen) atoms. The van der Waals surface area contributed by atoms with Crippen molar-refractivity contribution in [2.24, 2.45) is 0 Å². The number of hydrogen-bond donors (Lipinski definition) is 1. The van der Waals surface area contributed by atoms with E-state index in [0.29, 0.717) is 23.9 Å². The summed E-state index contributed by atoms with van der Waals surface area (Å²) in [5.41, 5.74) is 2.79. The highest BCUT2D eigenvalue weighted by Crippen LogP contribution is 2.23. The van der Waals surface area contributed by atoms with Crippen LogP contribution in [-0.2, 0) is 17.9 Å². The third kappa shape index (κ3) is 3.69. The lowest BCUT2D eigenvalue weighted by molar-refractivity contribution is 0.184. The Kier molecular flexibility index (Phi) is 4.77. The number of hydrogen-bond acceptors (Lipinski definition) is 2. The van der Waals surface area contributed by atoms with Crippen LogP contribution in [0.3, 0.4) is 0 Å². The van der Waals surface area contributed by atoms with E-state index in [9.17, 15) is 4.39 Å². The van der Waals surface area contributed by atoms with Crippen LogP contribution in [0.5, 0.6) is 0 Å². The fraction of sp³-hybridized carbons (Fsp3) is 0.200. The van der Waals surface area contributed by atoms with Gasteiger partial charge in [-0.25, -0.2) is 4.39 Å². The van der Waals surface area contributed by atoms with Gasteiger partial charge in [0.1, 0.15) is 5.82 Å². The van der Waals surface area contributed by atoms with Gasteiger partial charge in [0.15, 0.2) is 0 Å². The Bertz CT molecular complexity index is 560. The summed E-state index contributed by atoms with van der Waals surface area (Å²) in [6.07, 6.45) is 0. The van der Waals surface area contributed by atoms with Gasteiger partial charge in [0, 0.05) is 13.7 Å². The zero-order valence-corrected chi connectivity index (χ0v) is 11.4. The number of rotatable bonds is 5. The maximum Gasteiger partial charge on any atom is 0.125 e. The minimum Gasteiger partial charge on any atom is -0.380 e. The van der Waals surface area contributed by atoms with Crippen LogP contribution in [0.1, 0.15) is 11.1 Å². The summed E-state index contributed by atoms with van der Waals surface area (Å²) in [6.45, 7) is 1.12. The second kappa shape index (κ2) is 6.55. The van der Waals surface area contributed by atoms with Crippen molar-refractivity contribution in [3.63, 3.8) is 0 Å². The van der Waals surface area contributed by atoms with Gasteiger partial charge in [0.25, 0.3) is 0 Å². The minimum atomic E-state index is -0.308. The Morgan fingerprint density at radius 3 is 2.63 bits per heavy atom. The molecule has 2 aromatic rings. The van der Waals surface area contributed by atoms with Crippen molar-refractivity contribution in [1.82, 2.24) is 0 Å². The first kappa shape index (κ1) is 13.8. The van der Waals surface area contributed by atoms with Crippen LogP contribution in [0.25, 0.3) is 0 Å². The number of benzene rings is 2. The van der Waals surface area contributed by atoms with E-state index in [1.165, 1.54) is 12.1 Å². The third-order valence-electron chi connectivity index (χ3n) is 2.82. The number of ether oxygens (including phenoxy) is 1. The van der Waals surface area contributed by atoms with Gasteiger partial charge in [-0.2, -0.15) is 0 Å². The molecular weight excluding hydrogens is 265 g/mol. The molecule has 4 heteroatoms. The molecule has 1 N–H and O–H groups in total. The molecule has 0 radical (unpaired) electrons. The van der Waals surface area contributed by atoms with Crippen LogP contribution in [0, 0.1) is 5.82 Å². The SMILES string of the molecule is COCc1ccccc1CNc1cc(F)ccc1Cl. The number of halogens is 2. The van der Waals surface area contributed by atoms with Gasteiger partial charge in [-0.15, -0.1) is 0 Å².